The van der Waals surface area contributed by atoms with Crippen LogP contribution in [-0.2, 0) is 14.3 Å². The Bertz CT molecular complexity index is 219. The van der Waals surface area contributed by atoms with E-state index in [1.165, 1.54) is 0 Å². The van der Waals surface area contributed by atoms with Crippen molar-refractivity contribution in [1.82, 2.24) is 10.2 Å². The van der Waals surface area contributed by atoms with Gasteiger partial charge in [0.25, 0.3) is 0 Å². The number of likely N-dealkylation sites (N-methyl/N-ethyl adjacent to an activating group) is 1. The van der Waals surface area contributed by atoms with Crippen LogP contribution in [0, 0.1) is 0 Å². The maximum absolute atomic E-state index is 11.3. The second-order valence-corrected chi connectivity index (χ2v) is 3.55. The third-order valence-electron chi connectivity index (χ3n) is 2.22. The average Bonchev–Trinajstić information content (AvgIpc) is 2.26. The Labute approximate surface area is 97.1 Å². The van der Waals surface area contributed by atoms with Crippen LogP contribution in [0.3, 0.4) is 0 Å². The van der Waals surface area contributed by atoms with Crippen molar-refractivity contribution in [2.24, 2.45) is 0 Å². The lowest BCUT2D eigenvalue weighted by Gasteiger charge is -2.13. The molecule has 0 bridgehead atoms. The second-order valence-electron chi connectivity index (χ2n) is 3.55. The number of hydrogen-bond donors (Lipinski definition) is 1. The van der Waals surface area contributed by atoms with Crippen molar-refractivity contribution < 1.29 is 14.3 Å². The van der Waals surface area contributed by atoms with Crippen LogP contribution >= 0.6 is 0 Å². The maximum Gasteiger partial charge on any atom is 0.306 e. The van der Waals surface area contributed by atoms with Crippen molar-refractivity contribution in [1.29, 1.82) is 0 Å². The van der Waals surface area contributed by atoms with Crippen LogP contribution in [-0.4, -0.2) is 50.1 Å². The molecular formula is C11H22N2O3. The molecule has 16 heavy (non-hydrogen) atoms. The van der Waals surface area contributed by atoms with Gasteiger partial charge in [0.1, 0.15) is 0 Å². The zero-order valence-electron chi connectivity index (χ0n) is 10.4. The number of carbonyl (C=O) groups is 2. The summed E-state index contributed by atoms with van der Waals surface area (Å²) in [5.74, 6) is -0.416. The summed E-state index contributed by atoms with van der Waals surface area (Å²) in [6.07, 6.45) is 0.359. The predicted octanol–water partition coefficient (Wildman–Crippen LogP) is 0.398. The van der Waals surface area contributed by atoms with Gasteiger partial charge in [-0.2, -0.15) is 0 Å². The van der Waals surface area contributed by atoms with Gasteiger partial charge in [-0.15, -0.1) is 0 Å². The minimum absolute atomic E-state index is 0.0995. The van der Waals surface area contributed by atoms with E-state index in [0.29, 0.717) is 13.2 Å². The lowest BCUT2D eigenvalue weighted by Crippen LogP contribution is -2.33. The lowest BCUT2D eigenvalue weighted by molar-refractivity contribution is -0.144. The molecule has 0 saturated heterocycles. The summed E-state index contributed by atoms with van der Waals surface area (Å²) < 4.78 is 4.73. The van der Waals surface area contributed by atoms with Gasteiger partial charge >= 0.3 is 5.97 Å². The van der Waals surface area contributed by atoms with Gasteiger partial charge in [0.2, 0.25) is 5.91 Å². The SMILES string of the molecule is CCOC(=O)CCC(=O)NCCN(C)CC. The van der Waals surface area contributed by atoms with Crippen LogP contribution in [0.2, 0.25) is 0 Å². The molecule has 5 heteroatoms. The molecule has 0 radical (unpaired) electrons. The summed E-state index contributed by atoms with van der Waals surface area (Å²) >= 11 is 0. The molecule has 94 valence electrons. The van der Waals surface area contributed by atoms with E-state index in [0.717, 1.165) is 13.1 Å². The van der Waals surface area contributed by atoms with Crippen molar-refractivity contribution in [3.63, 3.8) is 0 Å². The first-order chi connectivity index (χ1) is 7.60. The topological polar surface area (TPSA) is 58.6 Å². The fourth-order valence-electron chi connectivity index (χ4n) is 1.08. The smallest absolute Gasteiger partial charge is 0.306 e. The Morgan fingerprint density at radius 1 is 1.25 bits per heavy atom. The highest BCUT2D eigenvalue weighted by molar-refractivity contribution is 5.81. The molecular weight excluding hydrogens is 208 g/mol. The van der Waals surface area contributed by atoms with Crippen molar-refractivity contribution in [3.8, 4) is 0 Å². The highest BCUT2D eigenvalue weighted by Crippen LogP contribution is 1.92. The molecule has 0 saturated carbocycles. The number of amides is 1. The molecule has 0 atom stereocenters. The van der Waals surface area contributed by atoms with Crippen molar-refractivity contribution in [2.75, 3.05) is 33.3 Å². The molecule has 0 fully saturated rings. The summed E-state index contributed by atoms with van der Waals surface area (Å²) in [5, 5.41) is 2.76. The van der Waals surface area contributed by atoms with E-state index in [4.69, 9.17) is 4.74 Å². The Kier molecular flexibility index (Phi) is 8.52. The molecule has 0 rings (SSSR count). The first kappa shape index (κ1) is 14.9. The van der Waals surface area contributed by atoms with E-state index >= 15 is 0 Å². The van der Waals surface area contributed by atoms with Gasteiger partial charge in [-0.1, -0.05) is 6.92 Å². The standard InChI is InChI=1S/C11H22N2O3/c1-4-13(3)9-8-12-10(14)6-7-11(15)16-5-2/h4-9H2,1-3H3,(H,12,14). The summed E-state index contributed by atoms with van der Waals surface area (Å²) in [7, 11) is 1.99. The van der Waals surface area contributed by atoms with Gasteiger partial charge in [-0.3, -0.25) is 9.59 Å². The van der Waals surface area contributed by atoms with Crippen molar-refractivity contribution in [2.45, 2.75) is 26.7 Å². The molecule has 1 N–H and O–H groups in total. The molecule has 0 aromatic heterocycles. The van der Waals surface area contributed by atoms with Gasteiger partial charge in [-0.05, 0) is 20.5 Å². The Balaban J connectivity index is 3.48. The van der Waals surface area contributed by atoms with E-state index in [1.54, 1.807) is 6.92 Å². The first-order valence-electron chi connectivity index (χ1n) is 5.71. The van der Waals surface area contributed by atoms with Crippen LogP contribution < -0.4 is 5.32 Å². The highest BCUT2D eigenvalue weighted by atomic mass is 16.5. The van der Waals surface area contributed by atoms with Crippen molar-refractivity contribution >= 4 is 11.9 Å². The highest BCUT2D eigenvalue weighted by Gasteiger charge is 2.06. The molecule has 0 aliphatic heterocycles. The van der Waals surface area contributed by atoms with E-state index in [9.17, 15) is 9.59 Å². The molecule has 0 aliphatic rings. The third kappa shape index (κ3) is 8.23. The first-order valence-corrected chi connectivity index (χ1v) is 5.71. The van der Waals surface area contributed by atoms with Crippen LogP contribution in [0.4, 0.5) is 0 Å². The van der Waals surface area contributed by atoms with E-state index in [2.05, 4.69) is 17.1 Å². The fourth-order valence-corrected chi connectivity index (χ4v) is 1.08. The molecule has 0 unspecified atom stereocenters. The fraction of sp³-hybridized carbons (Fsp3) is 0.818. The molecule has 0 aromatic carbocycles. The largest absolute Gasteiger partial charge is 0.466 e. The van der Waals surface area contributed by atoms with E-state index in [1.807, 2.05) is 7.05 Å². The monoisotopic (exact) mass is 230 g/mol. The third-order valence-corrected chi connectivity index (χ3v) is 2.22. The summed E-state index contributed by atoms with van der Waals surface area (Å²) in [4.78, 5) is 24.4. The second kappa shape index (κ2) is 9.15. The van der Waals surface area contributed by atoms with Gasteiger partial charge in [0, 0.05) is 19.5 Å². The molecule has 5 nitrogen and oxygen atoms in total. The van der Waals surface area contributed by atoms with E-state index < -0.39 is 0 Å². The predicted molar refractivity (Wildman–Crippen MR) is 62.0 cm³/mol. The van der Waals surface area contributed by atoms with Gasteiger partial charge in [0.15, 0.2) is 0 Å². The van der Waals surface area contributed by atoms with E-state index in [-0.39, 0.29) is 24.7 Å². The zero-order chi connectivity index (χ0) is 12.4. The summed E-state index contributed by atoms with van der Waals surface area (Å²) in [5.41, 5.74) is 0. The molecule has 0 heterocycles. The van der Waals surface area contributed by atoms with Crippen LogP contribution in [0.1, 0.15) is 26.7 Å². The molecule has 0 aromatic rings. The molecule has 1 amide bonds. The maximum atomic E-state index is 11.3. The Morgan fingerprint density at radius 2 is 1.94 bits per heavy atom. The quantitative estimate of drug-likeness (QED) is 0.613. The molecule has 0 spiro atoms. The normalized spacial score (nSPS) is 10.2. The average molecular weight is 230 g/mol. The number of esters is 1. The van der Waals surface area contributed by atoms with Gasteiger partial charge < -0.3 is 15.0 Å². The minimum Gasteiger partial charge on any atom is -0.466 e. The van der Waals surface area contributed by atoms with Crippen LogP contribution in [0.25, 0.3) is 0 Å². The van der Waals surface area contributed by atoms with Crippen LogP contribution in [0.15, 0.2) is 0 Å². The summed E-state index contributed by atoms with van der Waals surface area (Å²) in [6, 6.07) is 0. The number of carbonyl (C=O) groups excluding carboxylic acids is 2. The lowest BCUT2D eigenvalue weighted by atomic mass is 10.3. The number of nitrogens with one attached hydrogen (secondary N) is 1. The van der Waals surface area contributed by atoms with Crippen LogP contribution in [0.5, 0.6) is 0 Å². The number of hydrogen-bond acceptors (Lipinski definition) is 4. The number of rotatable bonds is 8. The van der Waals surface area contributed by atoms with Crippen molar-refractivity contribution in [3.05, 3.63) is 0 Å². The minimum atomic E-state index is -0.316. The number of ether oxygens (including phenoxy) is 1. The summed E-state index contributed by atoms with van der Waals surface area (Å²) in [6.45, 7) is 6.56. The van der Waals surface area contributed by atoms with Gasteiger partial charge in [-0.25, -0.2) is 0 Å². The Morgan fingerprint density at radius 3 is 2.50 bits per heavy atom. The van der Waals surface area contributed by atoms with Gasteiger partial charge in [0.05, 0.1) is 13.0 Å². The Hall–Kier alpha value is -1.10. The zero-order valence-corrected chi connectivity index (χ0v) is 10.4. The molecule has 0 aliphatic carbocycles. The number of nitrogens with zero attached hydrogens (tertiary/aromatic N) is 1.